The van der Waals surface area contributed by atoms with Gasteiger partial charge in [-0.25, -0.2) is 0 Å². The van der Waals surface area contributed by atoms with Crippen LogP contribution in [0.25, 0.3) is 0 Å². The zero-order chi connectivity index (χ0) is 22.1. The SMILES string of the molecule is CC[C@]12CCC(=O)[C@@H](CC(c3cccc(OC)c3)[N+](=O)[O-])[C@@H]1CC[C@@H]2OC(C)(C)C. The van der Waals surface area contributed by atoms with Gasteiger partial charge in [-0.2, -0.15) is 0 Å². The maximum Gasteiger partial charge on any atom is 0.238 e. The van der Waals surface area contributed by atoms with Crippen molar-refractivity contribution in [2.45, 2.75) is 84.0 Å². The van der Waals surface area contributed by atoms with Gasteiger partial charge < -0.3 is 9.47 Å². The van der Waals surface area contributed by atoms with Gasteiger partial charge in [0.1, 0.15) is 11.5 Å². The van der Waals surface area contributed by atoms with Gasteiger partial charge in [0.15, 0.2) is 0 Å². The van der Waals surface area contributed by atoms with Crippen LogP contribution < -0.4 is 4.74 Å². The minimum absolute atomic E-state index is 0.0681. The molecule has 1 aromatic carbocycles. The lowest BCUT2D eigenvalue weighted by molar-refractivity contribution is -0.531. The number of Topliss-reactive ketones (excluding diaryl/α,β-unsaturated/α-hetero) is 1. The minimum Gasteiger partial charge on any atom is -0.497 e. The Kier molecular flexibility index (Phi) is 6.56. The molecule has 0 aliphatic heterocycles. The fraction of sp³-hybridized carbons (Fsp3) is 0.708. The lowest BCUT2D eigenvalue weighted by Crippen LogP contribution is -2.48. The molecule has 6 heteroatoms. The average molecular weight is 418 g/mol. The van der Waals surface area contributed by atoms with Gasteiger partial charge in [-0.3, -0.25) is 14.9 Å². The van der Waals surface area contributed by atoms with E-state index in [1.807, 2.05) is 0 Å². The second-order valence-electron chi connectivity index (χ2n) is 9.88. The molecule has 0 amide bonds. The highest BCUT2D eigenvalue weighted by Gasteiger charge is 2.57. The lowest BCUT2D eigenvalue weighted by atomic mass is 9.59. The van der Waals surface area contributed by atoms with Gasteiger partial charge >= 0.3 is 0 Å². The highest BCUT2D eigenvalue weighted by Crippen LogP contribution is 2.58. The highest BCUT2D eigenvalue weighted by molar-refractivity contribution is 5.82. The van der Waals surface area contributed by atoms with Gasteiger partial charge in [0.05, 0.1) is 18.8 Å². The quantitative estimate of drug-likeness (QED) is 0.440. The van der Waals surface area contributed by atoms with E-state index in [-0.39, 0.29) is 46.1 Å². The van der Waals surface area contributed by atoms with E-state index in [2.05, 4.69) is 27.7 Å². The number of carbonyl (C=O) groups is 1. The Hall–Kier alpha value is -1.95. The van der Waals surface area contributed by atoms with Crippen molar-refractivity contribution in [3.8, 4) is 5.75 Å². The zero-order valence-electron chi connectivity index (χ0n) is 18.8. The van der Waals surface area contributed by atoms with E-state index < -0.39 is 6.04 Å². The van der Waals surface area contributed by atoms with Crippen molar-refractivity contribution in [1.82, 2.24) is 0 Å². The summed E-state index contributed by atoms with van der Waals surface area (Å²) < 4.78 is 11.7. The number of fused-ring (bicyclic) bond motifs is 1. The molecule has 166 valence electrons. The average Bonchev–Trinajstić information content (AvgIpc) is 3.04. The van der Waals surface area contributed by atoms with Crippen molar-refractivity contribution in [3.05, 3.63) is 39.9 Å². The molecule has 1 aromatic rings. The number of nitro groups is 1. The second kappa shape index (κ2) is 8.66. The summed E-state index contributed by atoms with van der Waals surface area (Å²) in [5.41, 5.74) is 0.282. The van der Waals surface area contributed by atoms with Crippen LogP contribution in [0.1, 0.15) is 77.8 Å². The molecule has 2 saturated carbocycles. The molecule has 6 nitrogen and oxygen atoms in total. The highest BCUT2D eigenvalue weighted by atomic mass is 16.6. The monoisotopic (exact) mass is 417 g/mol. The standard InChI is InChI=1S/C24H35NO5/c1-6-24-13-12-21(26)18(19(24)10-11-22(24)30-23(2,3)4)15-20(25(27)28)16-8-7-9-17(14-16)29-5/h7-9,14,18-20,22H,6,10-13,15H2,1-5H3/t18-,19-,20?,22-,24-/m0/s1. The number of methoxy groups -OCH3 is 1. The van der Waals surface area contributed by atoms with Crippen molar-refractivity contribution < 1.29 is 19.2 Å². The van der Waals surface area contributed by atoms with Crippen LogP contribution in [0.3, 0.4) is 0 Å². The Morgan fingerprint density at radius 3 is 2.63 bits per heavy atom. The van der Waals surface area contributed by atoms with Crippen molar-refractivity contribution in [1.29, 1.82) is 0 Å². The summed E-state index contributed by atoms with van der Waals surface area (Å²) in [6.45, 7) is 8.39. The summed E-state index contributed by atoms with van der Waals surface area (Å²) >= 11 is 0. The Balaban J connectivity index is 1.90. The molecular weight excluding hydrogens is 382 g/mol. The van der Waals surface area contributed by atoms with Crippen LogP contribution in [0.4, 0.5) is 0 Å². The molecule has 0 radical (unpaired) electrons. The first-order valence-electron chi connectivity index (χ1n) is 11.1. The number of ketones is 1. The second-order valence-corrected chi connectivity index (χ2v) is 9.88. The summed E-state index contributed by atoms with van der Waals surface area (Å²) in [6.07, 6.45) is 4.41. The van der Waals surface area contributed by atoms with E-state index in [4.69, 9.17) is 9.47 Å². The van der Waals surface area contributed by atoms with Crippen molar-refractivity contribution in [2.24, 2.45) is 17.3 Å². The molecule has 0 N–H and O–H groups in total. The molecule has 0 saturated heterocycles. The Morgan fingerprint density at radius 1 is 1.30 bits per heavy atom. The van der Waals surface area contributed by atoms with Gasteiger partial charge in [0.25, 0.3) is 0 Å². The van der Waals surface area contributed by atoms with Gasteiger partial charge in [0.2, 0.25) is 6.04 Å². The van der Waals surface area contributed by atoms with Gasteiger partial charge in [-0.15, -0.1) is 0 Å². The van der Waals surface area contributed by atoms with Crippen molar-refractivity contribution in [2.75, 3.05) is 7.11 Å². The first kappa shape index (κ1) is 22.7. The predicted octanol–water partition coefficient (Wildman–Crippen LogP) is 5.37. The molecule has 5 atom stereocenters. The number of nitrogens with zero attached hydrogens (tertiary/aromatic N) is 1. The summed E-state index contributed by atoms with van der Waals surface area (Å²) in [4.78, 5) is 24.8. The van der Waals surface area contributed by atoms with E-state index in [1.165, 1.54) is 0 Å². The molecule has 2 aliphatic carbocycles. The van der Waals surface area contributed by atoms with Gasteiger partial charge in [-0.05, 0) is 64.5 Å². The number of ether oxygens (including phenoxy) is 2. The summed E-state index contributed by atoms with van der Waals surface area (Å²) in [5, 5.41) is 12.0. The zero-order valence-corrected chi connectivity index (χ0v) is 18.8. The molecule has 2 fully saturated rings. The van der Waals surface area contributed by atoms with Crippen LogP contribution in [0.2, 0.25) is 0 Å². The first-order valence-corrected chi connectivity index (χ1v) is 11.1. The number of hydrogen-bond donors (Lipinski definition) is 0. The van der Waals surface area contributed by atoms with E-state index in [9.17, 15) is 14.9 Å². The first-order chi connectivity index (χ1) is 14.1. The maximum atomic E-state index is 13.0. The van der Waals surface area contributed by atoms with E-state index in [0.717, 1.165) is 25.7 Å². The molecule has 3 rings (SSSR count). The Morgan fingerprint density at radius 2 is 2.03 bits per heavy atom. The number of benzene rings is 1. The summed E-state index contributed by atoms with van der Waals surface area (Å²) in [6, 6.07) is 6.11. The molecule has 30 heavy (non-hydrogen) atoms. The van der Waals surface area contributed by atoms with E-state index in [1.54, 1.807) is 31.4 Å². The topological polar surface area (TPSA) is 78.7 Å². The van der Waals surface area contributed by atoms with E-state index in [0.29, 0.717) is 17.7 Å². The van der Waals surface area contributed by atoms with Crippen LogP contribution in [0.5, 0.6) is 5.75 Å². The maximum absolute atomic E-state index is 13.0. The van der Waals surface area contributed by atoms with Crippen LogP contribution in [0.15, 0.2) is 24.3 Å². The van der Waals surface area contributed by atoms with Gasteiger partial charge in [-0.1, -0.05) is 19.1 Å². The normalized spacial score (nSPS) is 30.0. The van der Waals surface area contributed by atoms with Gasteiger partial charge in [0, 0.05) is 34.7 Å². The van der Waals surface area contributed by atoms with E-state index >= 15 is 0 Å². The fourth-order valence-corrected chi connectivity index (χ4v) is 5.86. The Labute approximate surface area is 179 Å². The summed E-state index contributed by atoms with van der Waals surface area (Å²) in [7, 11) is 1.55. The number of hydrogen-bond acceptors (Lipinski definition) is 5. The largest absolute Gasteiger partial charge is 0.497 e. The number of rotatable bonds is 7. The predicted molar refractivity (Wildman–Crippen MR) is 115 cm³/mol. The van der Waals surface area contributed by atoms with Crippen molar-refractivity contribution in [3.63, 3.8) is 0 Å². The Bertz CT molecular complexity index is 786. The van der Waals surface area contributed by atoms with Crippen LogP contribution in [0, 0.1) is 27.4 Å². The molecule has 0 spiro atoms. The number of carbonyl (C=O) groups excluding carboxylic acids is 1. The van der Waals surface area contributed by atoms with Crippen LogP contribution in [-0.2, 0) is 9.53 Å². The molecule has 1 unspecified atom stereocenters. The molecule has 0 bridgehead atoms. The fourth-order valence-electron chi connectivity index (χ4n) is 5.86. The molecule has 0 aromatic heterocycles. The molecule has 0 heterocycles. The lowest BCUT2D eigenvalue weighted by Gasteiger charge is -2.47. The van der Waals surface area contributed by atoms with Crippen molar-refractivity contribution >= 4 is 5.78 Å². The summed E-state index contributed by atoms with van der Waals surface area (Å²) in [5.74, 6) is 0.616. The molecule has 2 aliphatic rings. The smallest absolute Gasteiger partial charge is 0.238 e. The third-order valence-corrected chi connectivity index (χ3v) is 7.22. The minimum atomic E-state index is -0.913. The third kappa shape index (κ3) is 4.39. The third-order valence-electron chi connectivity index (χ3n) is 7.22. The van der Waals surface area contributed by atoms with Crippen LogP contribution >= 0.6 is 0 Å². The molecular formula is C24H35NO5. The van der Waals surface area contributed by atoms with Crippen LogP contribution in [-0.4, -0.2) is 29.5 Å².